The maximum Gasteiger partial charge on any atom is 0.264 e. The number of hydrogen-bond donors (Lipinski definition) is 1. The number of anilines is 1. The van der Waals surface area contributed by atoms with E-state index in [-0.39, 0.29) is 23.4 Å². The van der Waals surface area contributed by atoms with Gasteiger partial charge in [-0.3, -0.25) is 13.9 Å². The lowest BCUT2D eigenvalue weighted by Crippen LogP contribution is -2.52. The smallest absolute Gasteiger partial charge is 0.264 e. The largest absolute Gasteiger partial charge is 0.352 e. The van der Waals surface area contributed by atoms with Crippen LogP contribution in [0.1, 0.15) is 32.8 Å². The zero-order chi connectivity index (χ0) is 28.7. The second-order valence-corrected chi connectivity index (χ2v) is 12.2. The molecule has 3 rings (SSSR count). The summed E-state index contributed by atoms with van der Waals surface area (Å²) >= 11 is 18.4. The van der Waals surface area contributed by atoms with E-state index in [1.54, 1.807) is 55.5 Å². The molecule has 2 atom stereocenters. The van der Waals surface area contributed by atoms with E-state index in [4.69, 9.17) is 34.8 Å². The molecule has 7 nitrogen and oxygen atoms in total. The van der Waals surface area contributed by atoms with E-state index < -0.39 is 28.5 Å². The monoisotopic (exact) mass is 609 g/mol. The molecule has 0 aliphatic heterocycles. The number of amides is 2. The van der Waals surface area contributed by atoms with Crippen molar-refractivity contribution in [2.45, 2.75) is 50.7 Å². The molecule has 0 spiro atoms. The van der Waals surface area contributed by atoms with Gasteiger partial charge in [0, 0.05) is 27.7 Å². The Morgan fingerprint density at radius 2 is 1.51 bits per heavy atom. The highest BCUT2D eigenvalue weighted by atomic mass is 35.5. The summed E-state index contributed by atoms with van der Waals surface area (Å²) in [6.45, 7) is 4.81. The molecule has 0 aromatic heterocycles. The molecular weight excluding hydrogens is 581 g/mol. The zero-order valence-electron chi connectivity index (χ0n) is 21.8. The fourth-order valence-corrected chi connectivity index (χ4v) is 5.75. The van der Waals surface area contributed by atoms with Crippen LogP contribution in [0.4, 0.5) is 5.69 Å². The number of halogens is 3. The van der Waals surface area contributed by atoms with Gasteiger partial charge in [-0.05, 0) is 74.4 Å². The summed E-state index contributed by atoms with van der Waals surface area (Å²) in [5, 5.41) is 4.01. The summed E-state index contributed by atoms with van der Waals surface area (Å²) in [6, 6.07) is 17.8. The molecule has 0 fully saturated rings. The zero-order valence-corrected chi connectivity index (χ0v) is 24.9. The minimum Gasteiger partial charge on any atom is -0.352 e. The molecule has 11 heteroatoms. The first-order valence-electron chi connectivity index (χ1n) is 12.3. The average Bonchev–Trinajstić information content (AvgIpc) is 2.91. The summed E-state index contributed by atoms with van der Waals surface area (Å²) < 4.78 is 28.5. The van der Waals surface area contributed by atoms with E-state index in [1.165, 1.54) is 29.2 Å². The van der Waals surface area contributed by atoms with Gasteiger partial charge in [-0.15, -0.1) is 0 Å². The van der Waals surface area contributed by atoms with E-state index in [1.807, 2.05) is 13.8 Å². The molecule has 2 amide bonds. The molecule has 0 aliphatic carbocycles. The van der Waals surface area contributed by atoms with Gasteiger partial charge in [0.25, 0.3) is 10.0 Å². The van der Waals surface area contributed by atoms with E-state index in [9.17, 15) is 18.0 Å². The number of sulfonamides is 1. The third-order valence-electron chi connectivity index (χ3n) is 6.25. The van der Waals surface area contributed by atoms with Crippen LogP contribution >= 0.6 is 34.8 Å². The van der Waals surface area contributed by atoms with Crippen molar-refractivity contribution in [3.63, 3.8) is 0 Å². The summed E-state index contributed by atoms with van der Waals surface area (Å²) in [5.41, 5.74) is 0.853. The van der Waals surface area contributed by atoms with Crippen LogP contribution in [-0.2, 0) is 26.2 Å². The van der Waals surface area contributed by atoms with Crippen LogP contribution in [0.15, 0.2) is 77.7 Å². The topological polar surface area (TPSA) is 86.8 Å². The maximum atomic E-state index is 13.9. The Labute approximate surface area is 244 Å². The average molecular weight is 611 g/mol. The predicted molar refractivity (Wildman–Crippen MR) is 157 cm³/mol. The number of nitrogens with one attached hydrogen (secondary N) is 1. The van der Waals surface area contributed by atoms with Crippen LogP contribution in [0.25, 0.3) is 0 Å². The van der Waals surface area contributed by atoms with Gasteiger partial charge in [0.05, 0.1) is 10.6 Å². The van der Waals surface area contributed by atoms with E-state index in [0.717, 1.165) is 4.31 Å². The standard InChI is InChI=1S/C28H30Cl3N3O4S/c1-4-19(2)32-28(36)20(3)33(17-21-10-11-23(30)16-26(21)31)27(35)18-34(24-8-6-5-7-9-24)39(37,38)25-14-12-22(29)13-15-25/h5-16,19-20H,4,17-18H2,1-3H3,(H,32,36)/t19-,20-/m1/s1. The third-order valence-corrected chi connectivity index (χ3v) is 8.88. The van der Waals surface area contributed by atoms with E-state index in [2.05, 4.69) is 5.32 Å². The Morgan fingerprint density at radius 1 is 0.897 bits per heavy atom. The van der Waals surface area contributed by atoms with Gasteiger partial charge in [0.15, 0.2) is 0 Å². The number of rotatable bonds is 11. The SMILES string of the molecule is CC[C@@H](C)NC(=O)[C@@H](C)N(Cc1ccc(Cl)cc1Cl)C(=O)CN(c1ccccc1)S(=O)(=O)c1ccc(Cl)cc1. The predicted octanol–water partition coefficient (Wildman–Crippen LogP) is 6.17. The van der Waals surface area contributed by atoms with Gasteiger partial charge >= 0.3 is 0 Å². The molecule has 0 aliphatic rings. The summed E-state index contributed by atoms with van der Waals surface area (Å²) in [4.78, 5) is 28.3. The molecule has 1 N–H and O–H groups in total. The molecule has 0 radical (unpaired) electrons. The number of carbonyl (C=O) groups is 2. The quantitative estimate of drug-likeness (QED) is 0.281. The molecule has 208 valence electrons. The summed E-state index contributed by atoms with van der Waals surface area (Å²) in [6.07, 6.45) is 0.705. The lowest BCUT2D eigenvalue weighted by atomic mass is 10.1. The molecule has 0 heterocycles. The summed E-state index contributed by atoms with van der Waals surface area (Å²) in [5.74, 6) is -0.955. The molecule has 0 bridgehead atoms. The van der Waals surface area contributed by atoms with Crippen LogP contribution in [0, 0.1) is 0 Å². The summed E-state index contributed by atoms with van der Waals surface area (Å²) in [7, 11) is -4.17. The first-order valence-corrected chi connectivity index (χ1v) is 14.9. The van der Waals surface area contributed by atoms with Crippen molar-refractivity contribution in [2.24, 2.45) is 0 Å². The fraction of sp³-hybridized carbons (Fsp3) is 0.286. The van der Waals surface area contributed by atoms with Crippen LogP contribution in [0.3, 0.4) is 0 Å². The number of benzene rings is 3. The van der Waals surface area contributed by atoms with E-state index in [0.29, 0.717) is 32.7 Å². The molecule has 0 saturated carbocycles. The van der Waals surface area contributed by atoms with Crippen molar-refractivity contribution in [1.29, 1.82) is 0 Å². The van der Waals surface area contributed by atoms with Crippen molar-refractivity contribution < 1.29 is 18.0 Å². The third kappa shape index (κ3) is 7.88. The van der Waals surface area contributed by atoms with Crippen molar-refractivity contribution in [1.82, 2.24) is 10.2 Å². The molecular formula is C28H30Cl3N3O4S. The Kier molecular flexibility index (Phi) is 10.7. The Balaban J connectivity index is 2.02. The molecule has 39 heavy (non-hydrogen) atoms. The molecule has 0 saturated heterocycles. The second kappa shape index (κ2) is 13.5. The first kappa shape index (κ1) is 30.8. The van der Waals surface area contributed by atoms with Gasteiger partial charge in [-0.2, -0.15) is 0 Å². The fourth-order valence-electron chi connectivity index (χ4n) is 3.74. The van der Waals surface area contributed by atoms with Gasteiger partial charge in [-0.25, -0.2) is 8.42 Å². The van der Waals surface area contributed by atoms with Gasteiger partial charge < -0.3 is 10.2 Å². The van der Waals surface area contributed by atoms with Crippen molar-refractivity contribution in [3.8, 4) is 0 Å². The highest BCUT2D eigenvalue weighted by Gasteiger charge is 2.33. The molecule has 3 aromatic carbocycles. The number of para-hydroxylation sites is 1. The van der Waals surface area contributed by atoms with Crippen molar-refractivity contribution in [3.05, 3.63) is 93.4 Å². The Hall–Kier alpha value is -2.78. The normalized spacial score (nSPS) is 12.9. The minimum absolute atomic E-state index is 0.0292. The first-order chi connectivity index (χ1) is 18.4. The Bertz CT molecular complexity index is 1400. The van der Waals surface area contributed by atoms with E-state index >= 15 is 0 Å². The van der Waals surface area contributed by atoms with Crippen molar-refractivity contribution >= 4 is 62.3 Å². The maximum absolute atomic E-state index is 13.9. The Morgan fingerprint density at radius 3 is 2.10 bits per heavy atom. The van der Waals surface area contributed by atoms with Gasteiger partial charge in [-0.1, -0.05) is 66.0 Å². The van der Waals surface area contributed by atoms with Crippen LogP contribution in [0.2, 0.25) is 15.1 Å². The van der Waals surface area contributed by atoms with Gasteiger partial charge in [0.2, 0.25) is 11.8 Å². The molecule has 3 aromatic rings. The lowest BCUT2D eigenvalue weighted by molar-refractivity contribution is -0.139. The lowest BCUT2D eigenvalue weighted by Gasteiger charge is -2.32. The minimum atomic E-state index is -4.17. The van der Waals surface area contributed by atoms with Gasteiger partial charge in [0.1, 0.15) is 12.6 Å². The number of carbonyl (C=O) groups excluding carboxylic acids is 2. The highest BCUT2D eigenvalue weighted by Crippen LogP contribution is 2.27. The second-order valence-electron chi connectivity index (χ2n) is 9.05. The number of hydrogen-bond acceptors (Lipinski definition) is 4. The highest BCUT2D eigenvalue weighted by molar-refractivity contribution is 7.92. The number of nitrogens with zero attached hydrogens (tertiary/aromatic N) is 2. The molecule has 0 unspecified atom stereocenters. The van der Waals surface area contributed by atoms with Crippen LogP contribution < -0.4 is 9.62 Å². The van der Waals surface area contributed by atoms with Crippen LogP contribution in [0.5, 0.6) is 0 Å². The van der Waals surface area contributed by atoms with Crippen molar-refractivity contribution in [2.75, 3.05) is 10.8 Å². The van der Waals surface area contributed by atoms with Crippen LogP contribution in [-0.4, -0.2) is 43.8 Å².